The zero-order valence-electron chi connectivity index (χ0n) is 15.3. The highest BCUT2D eigenvalue weighted by Gasteiger charge is 2.26. The van der Waals surface area contributed by atoms with Crippen molar-refractivity contribution < 1.29 is 14.3 Å². The van der Waals surface area contributed by atoms with Crippen LogP contribution in [0.15, 0.2) is 24.3 Å². The maximum atomic E-state index is 12.5. The van der Waals surface area contributed by atoms with Crippen LogP contribution in [0.2, 0.25) is 0 Å². The van der Waals surface area contributed by atoms with E-state index in [1.807, 2.05) is 13.8 Å². The molecule has 0 aliphatic heterocycles. The maximum absolute atomic E-state index is 12.5. The predicted octanol–water partition coefficient (Wildman–Crippen LogP) is 3.42. The second kappa shape index (κ2) is 8.17. The van der Waals surface area contributed by atoms with Crippen LogP contribution in [-0.4, -0.2) is 28.5 Å². The van der Waals surface area contributed by atoms with Crippen LogP contribution in [-0.2, 0) is 22.4 Å². The van der Waals surface area contributed by atoms with Crippen LogP contribution in [0.25, 0.3) is 0 Å². The topological polar surface area (TPSA) is 84.1 Å². The lowest BCUT2D eigenvalue weighted by atomic mass is 9.89. The average Bonchev–Trinajstić information content (AvgIpc) is 3.01. The van der Waals surface area contributed by atoms with Crippen molar-refractivity contribution in [2.24, 2.45) is 5.92 Å². The van der Waals surface area contributed by atoms with E-state index in [2.05, 4.69) is 15.3 Å². The number of rotatable bonds is 6. The standard InChI is InChI=1S/C20H25N3O3/c1-3-4-11-26-20(25)14-5-8-16(9-6-14)23-19(24)15-7-10-17-18(12-15)22-13(2)21-17/h5-6,8-9,15H,3-4,7,10-12H2,1-2H3,(H,21,22)(H,23,24). The minimum absolute atomic E-state index is 0.00109. The smallest absolute Gasteiger partial charge is 0.338 e. The van der Waals surface area contributed by atoms with Crippen molar-refractivity contribution in [3.05, 3.63) is 47.0 Å². The number of nitrogens with one attached hydrogen (secondary N) is 2. The van der Waals surface area contributed by atoms with Gasteiger partial charge < -0.3 is 15.0 Å². The third-order valence-electron chi connectivity index (χ3n) is 4.65. The van der Waals surface area contributed by atoms with Gasteiger partial charge in [-0.2, -0.15) is 0 Å². The molecule has 1 aromatic carbocycles. The van der Waals surface area contributed by atoms with Crippen molar-refractivity contribution in [2.75, 3.05) is 11.9 Å². The van der Waals surface area contributed by atoms with Gasteiger partial charge in [-0.05, 0) is 50.5 Å². The molecule has 2 N–H and O–H groups in total. The molecule has 1 amide bonds. The lowest BCUT2D eigenvalue weighted by molar-refractivity contribution is -0.120. The molecule has 0 radical (unpaired) electrons. The van der Waals surface area contributed by atoms with Gasteiger partial charge in [-0.25, -0.2) is 9.78 Å². The van der Waals surface area contributed by atoms with Crippen LogP contribution in [0, 0.1) is 12.8 Å². The molecule has 0 bridgehead atoms. The number of hydrogen-bond acceptors (Lipinski definition) is 4. The van der Waals surface area contributed by atoms with Crippen LogP contribution >= 0.6 is 0 Å². The molecule has 1 heterocycles. The summed E-state index contributed by atoms with van der Waals surface area (Å²) in [5.74, 6) is 0.505. The molecule has 1 atom stereocenters. The molecule has 1 aliphatic carbocycles. The average molecular weight is 355 g/mol. The summed E-state index contributed by atoms with van der Waals surface area (Å²) in [6, 6.07) is 6.84. The SMILES string of the molecule is CCCCOC(=O)c1ccc(NC(=O)C2CCc3nc(C)[nH]c3C2)cc1. The van der Waals surface area contributed by atoms with Gasteiger partial charge in [0.15, 0.2) is 0 Å². The Morgan fingerprint density at radius 1 is 1.31 bits per heavy atom. The van der Waals surface area contributed by atoms with Gasteiger partial charge in [-0.1, -0.05) is 13.3 Å². The summed E-state index contributed by atoms with van der Waals surface area (Å²) in [6.45, 7) is 4.42. The molecule has 138 valence electrons. The molecule has 6 nitrogen and oxygen atoms in total. The number of aryl methyl sites for hydroxylation is 2. The second-order valence-corrected chi connectivity index (χ2v) is 6.74. The number of esters is 1. The van der Waals surface area contributed by atoms with Gasteiger partial charge in [-0.3, -0.25) is 4.79 Å². The first-order valence-corrected chi connectivity index (χ1v) is 9.19. The Bertz CT molecular complexity index is 780. The largest absolute Gasteiger partial charge is 0.462 e. The quantitative estimate of drug-likeness (QED) is 0.614. The Balaban J connectivity index is 1.55. The van der Waals surface area contributed by atoms with Crippen LogP contribution < -0.4 is 5.32 Å². The van der Waals surface area contributed by atoms with Crippen LogP contribution in [0.4, 0.5) is 5.69 Å². The number of aromatic amines is 1. The van der Waals surface area contributed by atoms with Crippen LogP contribution in [0.5, 0.6) is 0 Å². The number of fused-ring (bicyclic) bond motifs is 1. The third kappa shape index (κ3) is 4.31. The number of anilines is 1. The predicted molar refractivity (Wildman–Crippen MR) is 99.1 cm³/mol. The highest BCUT2D eigenvalue weighted by atomic mass is 16.5. The Kier molecular flexibility index (Phi) is 5.71. The molecule has 26 heavy (non-hydrogen) atoms. The number of H-pyrrole nitrogens is 1. The molecule has 0 spiro atoms. The molecule has 0 saturated carbocycles. The van der Waals surface area contributed by atoms with E-state index in [0.29, 0.717) is 24.3 Å². The summed E-state index contributed by atoms with van der Waals surface area (Å²) in [6.07, 6.45) is 4.15. The molecule has 1 aromatic heterocycles. The fourth-order valence-electron chi connectivity index (χ4n) is 3.17. The first kappa shape index (κ1) is 18.2. The number of amides is 1. The number of aromatic nitrogens is 2. The number of benzene rings is 1. The van der Waals surface area contributed by atoms with Gasteiger partial charge in [0.1, 0.15) is 5.82 Å². The Labute approximate surface area is 153 Å². The summed E-state index contributed by atoms with van der Waals surface area (Å²) in [5.41, 5.74) is 3.33. The van der Waals surface area contributed by atoms with E-state index < -0.39 is 0 Å². The zero-order chi connectivity index (χ0) is 18.5. The van der Waals surface area contributed by atoms with E-state index in [4.69, 9.17) is 4.74 Å². The van der Waals surface area contributed by atoms with Gasteiger partial charge in [-0.15, -0.1) is 0 Å². The van der Waals surface area contributed by atoms with Crippen molar-refractivity contribution in [1.82, 2.24) is 9.97 Å². The fourth-order valence-corrected chi connectivity index (χ4v) is 3.17. The van der Waals surface area contributed by atoms with Gasteiger partial charge in [0, 0.05) is 23.7 Å². The van der Waals surface area contributed by atoms with Crippen molar-refractivity contribution in [1.29, 1.82) is 0 Å². The molecule has 1 unspecified atom stereocenters. The molecule has 0 saturated heterocycles. The van der Waals surface area contributed by atoms with Gasteiger partial charge >= 0.3 is 5.97 Å². The van der Waals surface area contributed by atoms with E-state index >= 15 is 0 Å². The summed E-state index contributed by atoms with van der Waals surface area (Å²) in [5, 5.41) is 2.94. The van der Waals surface area contributed by atoms with E-state index in [1.165, 1.54) is 0 Å². The van der Waals surface area contributed by atoms with E-state index in [0.717, 1.165) is 42.9 Å². The Morgan fingerprint density at radius 2 is 2.08 bits per heavy atom. The Hall–Kier alpha value is -2.63. The number of nitrogens with zero attached hydrogens (tertiary/aromatic N) is 1. The normalized spacial score (nSPS) is 16.0. The second-order valence-electron chi connectivity index (χ2n) is 6.74. The van der Waals surface area contributed by atoms with Gasteiger partial charge in [0.05, 0.1) is 17.9 Å². The van der Waals surface area contributed by atoms with Crippen molar-refractivity contribution >= 4 is 17.6 Å². The van der Waals surface area contributed by atoms with E-state index in [1.54, 1.807) is 24.3 Å². The first-order chi connectivity index (χ1) is 12.6. The summed E-state index contributed by atoms with van der Waals surface area (Å²) in [7, 11) is 0. The first-order valence-electron chi connectivity index (χ1n) is 9.19. The molecule has 2 aromatic rings. The number of hydrogen-bond donors (Lipinski definition) is 2. The lowest BCUT2D eigenvalue weighted by Gasteiger charge is -2.20. The Morgan fingerprint density at radius 3 is 2.81 bits per heavy atom. The van der Waals surface area contributed by atoms with Crippen LogP contribution in [0.3, 0.4) is 0 Å². The number of imidazole rings is 1. The van der Waals surface area contributed by atoms with Gasteiger partial charge in [0.2, 0.25) is 5.91 Å². The minimum atomic E-state index is -0.328. The summed E-state index contributed by atoms with van der Waals surface area (Å²) >= 11 is 0. The highest BCUT2D eigenvalue weighted by Crippen LogP contribution is 2.25. The maximum Gasteiger partial charge on any atom is 0.338 e. The van der Waals surface area contributed by atoms with Gasteiger partial charge in [0.25, 0.3) is 0 Å². The lowest BCUT2D eigenvalue weighted by Crippen LogP contribution is -2.28. The van der Waals surface area contributed by atoms with E-state index in [-0.39, 0.29) is 17.8 Å². The number of carbonyl (C=O) groups is 2. The number of ether oxygens (including phenoxy) is 1. The minimum Gasteiger partial charge on any atom is -0.462 e. The molecular weight excluding hydrogens is 330 g/mol. The molecule has 3 rings (SSSR count). The van der Waals surface area contributed by atoms with E-state index in [9.17, 15) is 9.59 Å². The zero-order valence-corrected chi connectivity index (χ0v) is 15.3. The van der Waals surface area contributed by atoms with Crippen molar-refractivity contribution in [2.45, 2.75) is 46.0 Å². The number of unbranched alkanes of at least 4 members (excludes halogenated alkanes) is 1. The molecular formula is C20H25N3O3. The highest BCUT2D eigenvalue weighted by molar-refractivity contribution is 5.94. The molecule has 1 aliphatic rings. The van der Waals surface area contributed by atoms with Crippen molar-refractivity contribution in [3.63, 3.8) is 0 Å². The van der Waals surface area contributed by atoms with Crippen molar-refractivity contribution in [3.8, 4) is 0 Å². The van der Waals surface area contributed by atoms with Crippen LogP contribution in [0.1, 0.15) is 53.8 Å². The summed E-state index contributed by atoms with van der Waals surface area (Å²) in [4.78, 5) is 32.1. The fraction of sp³-hybridized carbons (Fsp3) is 0.450. The number of carbonyl (C=O) groups excluding carboxylic acids is 2. The monoisotopic (exact) mass is 355 g/mol. The molecule has 6 heteroatoms. The molecule has 0 fully saturated rings. The third-order valence-corrected chi connectivity index (χ3v) is 4.65. The summed E-state index contributed by atoms with van der Waals surface area (Å²) < 4.78 is 5.18.